The Hall–Kier alpha value is -0.710. The molecule has 1 unspecified atom stereocenters. The van der Waals surface area contributed by atoms with Gasteiger partial charge in [0, 0.05) is 16.7 Å². The number of esters is 1. The average molecular weight is 300 g/mol. The molecule has 5 heteroatoms. The molecule has 0 heterocycles. The molecular weight excluding hydrogens is 282 g/mol. The Morgan fingerprint density at radius 3 is 2.89 bits per heavy atom. The first-order valence-electron chi connectivity index (χ1n) is 6.42. The van der Waals surface area contributed by atoms with Gasteiger partial charge in [0.15, 0.2) is 0 Å². The van der Waals surface area contributed by atoms with Gasteiger partial charge in [-0.2, -0.15) is 0 Å². The van der Waals surface area contributed by atoms with Crippen LogP contribution in [0.3, 0.4) is 0 Å². The van der Waals surface area contributed by atoms with Gasteiger partial charge in [-0.25, -0.2) is 0 Å². The van der Waals surface area contributed by atoms with Gasteiger partial charge < -0.3 is 10.1 Å². The zero-order chi connectivity index (χ0) is 13.7. The molecule has 1 fully saturated rings. The number of thioether (sulfide) groups is 1. The van der Waals surface area contributed by atoms with E-state index in [1.807, 2.05) is 24.3 Å². The maximum atomic E-state index is 11.7. The van der Waals surface area contributed by atoms with Crippen LogP contribution in [0.2, 0.25) is 5.02 Å². The van der Waals surface area contributed by atoms with Crippen molar-refractivity contribution in [2.75, 3.05) is 12.9 Å². The third kappa shape index (κ3) is 4.71. The third-order valence-electron chi connectivity index (χ3n) is 3.00. The minimum atomic E-state index is -0.201. The molecule has 1 N–H and O–H groups in total. The number of benzene rings is 1. The van der Waals surface area contributed by atoms with Crippen LogP contribution in [0.5, 0.6) is 0 Å². The van der Waals surface area contributed by atoms with Crippen LogP contribution in [-0.2, 0) is 9.53 Å². The van der Waals surface area contributed by atoms with Crippen molar-refractivity contribution in [2.45, 2.75) is 36.2 Å². The lowest BCUT2D eigenvalue weighted by Crippen LogP contribution is -2.39. The molecule has 104 valence electrons. The van der Waals surface area contributed by atoms with E-state index in [1.165, 1.54) is 7.11 Å². The van der Waals surface area contributed by atoms with Gasteiger partial charge in [-0.05, 0) is 31.4 Å². The Morgan fingerprint density at radius 2 is 2.26 bits per heavy atom. The maximum Gasteiger partial charge on any atom is 0.322 e. The molecule has 0 radical (unpaired) electrons. The van der Waals surface area contributed by atoms with Crippen molar-refractivity contribution in [3.63, 3.8) is 0 Å². The van der Waals surface area contributed by atoms with Gasteiger partial charge in [0.25, 0.3) is 0 Å². The fourth-order valence-corrected chi connectivity index (χ4v) is 3.05. The summed E-state index contributed by atoms with van der Waals surface area (Å²) in [6, 6.07) is 8.05. The summed E-state index contributed by atoms with van der Waals surface area (Å²) in [4.78, 5) is 12.7. The Kier molecular flexibility index (Phi) is 5.55. The van der Waals surface area contributed by atoms with Gasteiger partial charge in [-0.3, -0.25) is 4.79 Å². The zero-order valence-corrected chi connectivity index (χ0v) is 12.5. The van der Waals surface area contributed by atoms with Crippen LogP contribution in [0.15, 0.2) is 29.2 Å². The van der Waals surface area contributed by atoms with Gasteiger partial charge in [0.05, 0.1) is 12.1 Å². The van der Waals surface area contributed by atoms with Gasteiger partial charge in [-0.15, -0.1) is 11.8 Å². The summed E-state index contributed by atoms with van der Waals surface area (Å²) in [6.07, 6.45) is 3.06. The van der Waals surface area contributed by atoms with Crippen LogP contribution in [0.1, 0.15) is 19.3 Å². The molecule has 0 aliphatic heterocycles. The highest BCUT2D eigenvalue weighted by Gasteiger charge is 2.28. The highest BCUT2D eigenvalue weighted by atomic mass is 35.5. The van der Waals surface area contributed by atoms with Crippen LogP contribution in [0, 0.1) is 0 Å². The standard InChI is InChI=1S/C14H18ClNO2S/c1-18-14(17)12(16-10-6-7-10)8-9-19-13-5-3-2-4-11(13)15/h2-5,10,12,16H,6-9H2,1H3. The molecule has 1 aliphatic carbocycles. The normalized spacial score (nSPS) is 16.1. The van der Waals surface area contributed by atoms with Crippen molar-refractivity contribution < 1.29 is 9.53 Å². The fourth-order valence-electron chi connectivity index (χ4n) is 1.79. The summed E-state index contributed by atoms with van der Waals surface area (Å²) in [5, 5.41) is 4.08. The summed E-state index contributed by atoms with van der Waals surface area (Å²) in [5.41, 5.74) is 0. The van der Waals surface area contributed by atoms with Gasteiger partial charge in [0.2, 0.25) is 0 Å². The second-order valence-electron chi connectivity index (χ2n) is 4.58. The molecule has 2 rings (SSSR count). The number of ether oxygens (including phenoxy) is 1. The first kappa shape index (κ1) is 14.7. The summed E-state index contributed by atoms with van der Waals surface area (Å²) >= 11 is 7.77. The van der Waals surface area contributed by atoms with E-state index >= 15 is 0 Å². The molecule has 0 spiro atoms. The average Bonchev–Trinajstić information content (AvgIpc) is 3.23. The van der Waals surface area contributed by atoms with E-state index in [-0.39, 0.29) is 12.0 Å². The van der Waals surface area contributed by atoms with Gasteiger partial charge >= 0.3 is 5.97 Å². The van der Waals surface area contributed by atoms with Crippen LogP contribution < -0.4 is 5.32 Å². The van der Waals surface area contributed by atoms with Crippen LogP contribution in [-0.4, -0.2) is 30.9 Å². The number of rotatable bonds is 7. The molecule has 0 saturated heterocycles. The quantitative estimate of drug-likeness (QED) is 0.620. The number of carbonyl (C=O) groups is 1. The highest BCUT2D eigenvalue weighted by molar-refractivity contribution is 7.99. The van der Waals surface area contributed by atoms with E-state index in [2.05, 4.69) is 5.32 Å². The number of halogens is 1. The van der Waals surface area contributed by atoms with Crippen LogP contribution in [0.25, 0.3) is 0 Å². The molecule has 1 aromatic carbocycles. The van der Waals surface area contributed by atoms with Crippen LogP contribution in [0.4, 0.5) is 0 Å². The summed E-state index contributed by atoms with van der Waals surface area (Å²) in [7, 11) is 1.44. The maximum absolute atomic E-state index is 11.7. The summed E-state index contributed by atoms with van der Waals surface area (Å²) < 4.78 is 4.83. The first-order chi connectivity index (χ1) is 9.20. The number of methoxy groups -OCH3 is 1. The second-order valence-corrected chi connectivity index (χ2v) is 6.13. The lowest BCUT2D eigenvalue weighted by Gasteiger charge is -2.15. The minimum Gasteiger partial charge on any atom is -0.468 e. The summed E-state index contributed by atoms with van der Waals surface area (Å²) in [6.45, 7) is 0. The number of nitrogens with one attached hydrogen (secondary N) is 1. The number of carbonyl (C=O) groups excluding carboxylic acids is 1. The van der Waals surface area contributed by atoms with Crippen LogP contribution >= 0.6 is 23.4 Å². The van der Waals surface area contributed by atoms with E-state index in [4.69, 9.17) is 16.3 Å². The predicted molar refractivity (Wildman–Crippen MR) is 78.8 cm³/mol. The molecule has 0 amide bonds. The monoisotopic (exact) mass is 299 g/mol. The molecule has 1 aromatic rings. The highest BCUT2D eigenvalue weighted by Crippen LogP contribution is 2.28. The molecule has 1 aliphatic rings. The van der Waals surface area contributed by atoms with E-state index < -0.39 is 0 Å². The van der Waals surface area contributed by atoms with Crippen molar-refractivity contribution in [1.29, 1.82) is 0 Å². The SMILES string of the molecule is COC(=O)C(CCSc1ccccc1Cl)NC1CC1. The lowest BCUT2D eigenvalue weighted by atomic mass is 10.2. The Labute approximate surface area is 123 Å². The molecular formula is C14H18ClNO2S. The number of hydrogen-bond acceptors (Lipinski definition) is 4. The molecule has 3 nitrogen and oxygen atoms in total. The van der Waals surface area contributed by atoms with Crippen molar-refractivity contribution in [1.82, 2.24) is 5.32 Å². The van der Waals surface area contributed by atoms with Gasteiger partial charge in [-0.1, -0.05) is 23.7 Å². The number of hydrogen-bond donors (Lipinski definition) is 1. The smallest absolute Gasteiger partial charge is 0.322 e. The molecule has 0 bridgehead atoms. The Balaban J connectivity index is 1.81. The third-order valence-corrected chi connectivity index (χ3v) is 4.55. The molecule has 1 saturated carbocycles. The summed E-state index contributed by atoms with van der Waals surface area (Å²) in [5.74, 6) is 0.662. The largest absolute Gasteiger partial charge is 0.468 e. The fraction of sp³-hybridized carbons (Fsp3) is 0.500. The molecule has 19 heavy (non-hydrogen) atoms. The lowest BCUT2D eigenvalue weighted by molar-refractivity contribution is -0.143. The predicted octanol–water partition coefficient (Wildman–Crippen LogP) is 3.12. The van der Waals surface area contributed by atoms with E-state index in [1.54, 1.807) is 11.8 Å². The molecule has 0 aromatic heterocycles. The Bertz CT molecular complexity index is 437. The van der Waals surface area contributed by atoms with Crippen molar-refractivity contribution >= 4 is 29.3 Å². The van der Waals surface area contributed by atoms with E-state index in [0.717, 1.165) is 34.9 Å². The minimum absolute atomic E-state index is 0.174. The Morgan fingerprint density at radius 1 is 1.53 bits per heavy atom. The van der Waals surface area contributed by atoms with E-state index in [9.17, 15) is 4.79 Å². The van der Waals surface area contributed by atoms with Crippen molar-refractivity contribution in [3.8, 4) is 0 Å². The molecule has 1 atom stereocenters. The first-order valence-corrected chi connectivity index (χ1v) is 7.78. The van der Waals surface area contributed by atoms with E-state index in [0.29, 0.717) is 6.04 Å². The van der Waals surface area contributed by atoms with Crippen molar-refractivity contribution in [3.05, 3.63) is 29.3 Å². The second kappa shape index (κ2) is 7.17. The van der Waals surface area contributed by atoms with Crippen molar-refractivity contribution in [2.24, 2.45) is 0 Å². The zero-order valence-electron chi connectivity index (χ0n) is 10.9. The topological polar surface area (TPSA) is 38.3 Å². The van der Waals surface area contributed by atoms with Gasteiger partial charge in [0.1, 0.15) is 6.04 Å².